The van der Waals surface area contributed by atoms with Crippen molar-refractivity contribution < 1.29 is 62.6 Å². The average molecular weight is 1300 g/mol. The van der Waals surface area contributed by atoms with E-state index in [-0.39, 0.29) is 55.6 Å². The number of carbonyl (C=O) groups is 11. The number of amides is 11. The summed E-state index contributed by atoms with van der Waals surface area (Å²) in [6, 6.07) is -13.8. The molecule has 4 aliphatic rings. The molecule has 92 heavy (non-hydrogen) atoms. The Balaban J connectivity index is 2.33. The number of rotatable bonds is 16. The van der Waals surface area contributed by atoms with Gasteiger partial charge in [0.15, 0.2) is 0 Å². The summed E-state index contributed by atoms with van der Waals surface area (Å²) in [4.78, 5) is 174. The minimum Gasteiger partial charge on any atom is -0.390 e. The molecule has 16 atom stereocenters. The van der Waals surface area contributed by atoms with Crippen LogP contribution in [0.15, 0.2) is 12.2 Å². The van der Waals surface area contributed by atoms with Crippen LogP contribution < -0.4 is 21.3 Å². The number of nitrogens with one attached hydrogen (secondary N) is 4. The number of piperidine rings is 1. The van der Waals surface area contributed by atoms with Crippen molar-refractivity contribution in [3.63, 3.8) is 0 Å². The number of aliphatic hydroxyl groups is 1. The maximum absolute atomic E-state index is 15.3. The van der Waals surface area contributed by atoms with E-state index in [4.69, 9.17) is 4.74 Å². The standard InChI is InChI=1S/C67H118N12O13/c1-25-27-28-41(13)56(80)55-60(84)70-48(26-2)63(87)72(18)45(17)62(86)77(23)54(42(14)33-79-34-46-32-47(35-79)92-46)59(83)71-52(39(9)10)66(90)73(19)49(29-36(3)4)58(82)68-43(15)57(81)69-44(16)61(85)74(20)50(30-37(5)6)64(88)75(21)51(31-38(7)8)65(89)76(22)53(40(11)12)67(91)78(55)24/h25,27,36-56,80H,26,28-35H2,1-24H3,(H,68,82)(H,69,81)(H,70,84)(H,71,83)/b27-25+/t41-,42-,43+,44-,45-,46?,47?,48+,49+,50+,51+,52+,53+,54+,55+,56-/m1/s1. The van der Waals surface area contributed by atoms with Gasteiger partial charge in [-0.25, -0.2) is 0 Å². The number of carbonyl (C=O) groups excluding carboxylic acids is 11. The molecule has 11 amide bonds. The number of ether oxygens (including phenoxy) is 1. The van der Waals surface area contributed by atoms with Gasteiger partial charge in [0.05, 0.1) is 18.3 Å². The average Bonchev–Trinajstić information content (AvgIpc) is 0.848. The Bertz CT molecular complexity index is 2580. The molecular weight excluding hydrogens is 1180 g/mol. The van der Waals surface area contributed by atoms with Crippen molar-refractivity contribution in [1.82, 2.24) is 60.5 Å². The molecule has 4 saturated heterocycles. The Morgan fingerprint density at radius 1 is 0.489 bits per heavy atom. The lowest BCUT2D eigenvalue weighted by Gasteiger charge is -2.48. The Labute approximate surface area is 549 Å². The van der Waals surface area contributed by atoms with Crippen molar-refractivity contribution in [3.8, 4) is 0 Å². The number of aliphatic hydroxyl groups excluding tert-OH is 1. The molecule has 4 aliphatic heterocycles. The fraction of sp³-hybridized carbons (Fsp3) is 0.806. The highest BCUT2D eigenvalue weighted by Crippen LogP contribution is 2.30. The number of hydrogen-bond acceptors (Lipinski definition) is 14. The number of nitrogens with zero attached hydrogens (tertiary/aromatic N) is 8. The molecule has 0 aliphatic carbocycles. The van der Waals surface area contributed by atoms with Crippen LogP contribution in [0.5, 0.6) is 0 Å². The smallest absolute Gasteiger partial charge is 0.246 e. The van der Waals surface area contributed by atoms with Gasteiger partial charge in [-0.05, 0) is 101 Å². The van der Waals surface area contributed by atoms with Gasteiger partial charge in [0.25, 0.3) is 0 Å². The molecule has 4 fully saturated rings. The van der Waals surface area contributed by atoms with E-state index in [0.29, 0.717) is 26.1 Å². The third-order valence-corrected chi connectivity index (χ3v) is 18.7. The van der Waals surface area contributed by atoms with E-state index in [1.165, 1.54) is 99.5 Å². The van der Waals surface area contributed by atoms with Crippen molar-refractivity contribution in [3.05, 3.63) is 12.2 Å². The zero-order valence-electron chi connectivity index (χ0n) is 60.1. The highest BCUT2D eigenvalue weighted by atomic mass is 16.5. The largest absolute Gasteiger partial charge is 0.390 e. The van der Waals surface area contributed by atoms with Gasteiger partial charge in [0.2, 0.25) is 65.0 Å². The normalized spacial score (nSPS) is 30.0. The van der Waals surface area contributed by atoms with Gasteiger partial charge in [-0.2, -0.15) is 0 Å². The fourth-order valence-corrected chi connectivity index (χ4v) is 12.9. The lowest BCUT2D eigenvalue weighted by atomic mass is 9.91. The quantitative estimate of drug-likeness (QED) is 0.139. The van der Waals surface area contributed by atoms with E-state index in [1.54, 1.807) is 54.5 Å². The SMILES string of the molecule is C/C=C/C[C@@H](C)[C@@H](O)[C@H]1C(=O)N[C@@H](CC)C(=O)N(C)[C@H](C)C(=O)N(C)[C@@H]([C@H](C)CN2CC3CC(C2)O3)C(=O)N[C@@H](C(C)C)C(=O)N(C)[C@@H](CC(C)C)C(=O)N[C@@H](C)C(=O)N[C@H](C)C(=O)N(C)[C@@H](CC(C)C)C(=O)N(C)[C@@H](CC(C)C)C(=O)N(C)[C@@H](C(C)C)C(=O)N1C. The Morgan fingerprint density at radius 3 is 1.41 bits per heavy atom. The molecule has 4 rings (SSSR count). The predicted molar refractivity (Wildman–Crippen MR) is 352 cm³/mol. The van der Waals surface area contributed by atoms with Crippen LogP contribution in [0.1, 0.15) is 156 Å². The van der Waals surface area contributed by atoms with E-state index < -0.39 is 161 Å². The Kier molecular flexibility index (Phi) is 30.7. The van der Waals surface area contributed by atoms with E-state index >= 15 is 24.0 Å². The lowest BCUT2D eigenvalue weighted by molar-refractivity contribution is -0.183. The van der Waals surface area contributed by atoms with Gasteiger partial charge >= 0.3 is 0 Å². The highest BCUT2D eigenvalue weighted by Gasteiger charge is 2.47. The number of allylic oxidation sites excluding steroid dienone is 2. The molecule has 0 aromatic carbocycles. The van der Waals surface area contributed by atoms with Crippen molar-refractivity contribution in [2.24, 2.45) is 41.4 Å². The van der Waals surface area contributed by atoms with Crippen LogP contribution >= 0.6 is 0 Å². The molecule has 5 N–H and O–H groups in total. The summed E-state index contributed by atoms with van der Waals surface area (Å²) < 4.78 is 5.90. The fourth-order valence-electron chi connectivity index (χ4n) is 12.9. The number of fused-ring (bicyclic) bond motifs is 2. The van der Waals surface area contributed by atoms with Crippen LogP contribution in [0.25, 0.3) is 0 Å². The first kappa shape index (κ1) is 80.0. The summed E-state index contributed by atoms with van der Waals surface area (Å²) in [5, 5.41) is 23.4. The second-order valence-electron chi connectivity index (χ2n) is 28.6. The Morgan fingerprint density at radius 2 is 0.935 bits per heavy atom. The van der Waals surface area contributed by atoms with Crippen LogP contribution in [-0.4, -0.2) is 263 Å². The first-order valence-corrected chi connectivity index (χ1v) is 33.4. The molecule has 25 heteroatoms. The van der Waals surface area contributed by atoms with Gasteiger partial charge in [-0.3, -0.25) is 57.6 Å². The molecule has 0 spiro atoms. The maximum atomic E-state index is 15.3. The summed E-state index contributed by atoms with van der Waals surface area (Å²) >= 11 is 0. The van der Waals surface area contributed by atoms with Crippen molar-refractivity contribution in [2.45, 2.75) is 241 Å². The molecule has 0 aromatic rings. The third-order valence-electron chi connectivity index (χ3n) is 18.7. The summed E-state index contributed by atoms with van der Waals surface area (Å²) in [5.74, 6) is -10.2. The number of hydrogen-bond donors (Lipinski definition) is 5. The molecule has 2 bridgehead atoms. The Hall–Kier alpha value is -6.21. The van der Waals surface area contributed by atoms with Crippen molar-refractivity contribution in [1.29, 1.82) is 0 Å². The molecule has 4 heterocycles. The maximum Gasteiger partial charge on any atom is 0.246 e. The summed E-state index contributed by atoms with van der Waals surface area (Å²) in [6.07, 6.45) is 3.82. The van der Waals surface area contributed by atoms with Crippen LogP contribution in [0.3, 0.4) is 0 Å². The predicted octanol–water partition coefficient (Wildman–Crippen LogP) is 2.72. The van der Waals surface area contributed by atoms with Gasteiger partial charge < -0.3 is 65.4 Å². The van der Waals surface area contributed by atoms with E-state index in [1.807, 2.05) is 54.5 Å². The van der Waals surface area contributed by atoms with E-state index in [9.17, 15) is 33.9 Å². The second kappa shape index (κ2) is 35.3. The van der Waals surface area contributed by atoms with Gasteiger partial charge in [-0.1, -0.05) is 102 Å². The van der Waals surface area contributed by atoms with Crippen molar-refractivity contribution in [2.75, 3.05) is 69.0 Å². The van der Waals surface area contributed by atoms with Crippen LogP contribution in [-0.2, 0) is 57.5 Å². The number of morpholine rings is 1. The minimum atomic E-state index is -1.63. The first-order valence-electron chi connectivity index (χ1n) is 33.4. The highest BCUT2D eigenvalue weighted by molar-refractivity contribution is 6.00. The molecule has 2 unspecified atom stereocenters. The van der Waals surface area contributed by atoms with Gasteiger partial charge in [0, 0.05) is 75.4 Å². The molecule has 25 nitrogen and oxygen atoms in total. The summed E-state index contributed by atoms with van der Waals surface area (Å²) in [5.41, 5.74) is 0. The van der Waals surface area contributed by atoms with Gasteiger partial charge in [0.1, 0.15) is 66.5 Å². The van der Waals surface area contributed by atoms with Crippen molar-refractivity contribution >= 4 is 65.0 Å². The lowest BCUT2D eigenvalue weighted by Crippen LogP contribution is -2.64. The molecule has 0 saturated carbocycles. The van der Waals surface area contributed by atoms with Crippen LogP contribution in [0.4, 0.5) is 0 Å². The molecule has 0 aromatic heterocycles. The molecule has 524 valence electrons. The molecular formula is C67H118N12O13. The summed E-state index contributed by atoms with van der Waals surface area (Å²) in [6.45, 7) is 31.2. The third kappa shape index (κ3) is 20.4. The number of likely N-dealkylation sites (N-methyl/N-ethyl adjacent to an activating group) is 7. The van der Waals surface area contributed by atoms with Gasteiger partial charge in [-0.15, -0.1) is 0 Å². The topological polar surface area (TPSA) is 291 Å². The molecule has 0 radical (unpaired) electrons. The minimum absolute atomic E-state index is 0.00694. The first-order chi connectivity index (χ1) is 42.7. The summed E-state index contributed by atoms with van der Waals surface area (Å²) in [7, 11) is 10.0. The zero-order valence-corrected chi connectivity index (χ0v) is 60.1. The van der Waals surface area contributed by atoms with Crippen LogP contribution in [0, 0.1) is 41.4 Å². The zero-order chi connectivity index (χ0) is 70.4. The monoisotopic (exact) mass is 1300 g/mol. The van der Waals surface area contributed by atoms with E-state index in [2.05, 4.69) is 26.2 Å². The van der Waals surface area contributed by atoms with Crippen LogP contribution in [0.2, 0.25) is 0 Å². The van der Waals surface area contributed by atoms with E-state index in [0.717, 1.165) is 11.3 Å². The second-order valence-corrected chi connectivity index (χ2v) is 28.6.